The third-order valence-corrected chi connectivity index (χ3v) is 4.34. The summed E-state index contributed by atoms with van der Waals surface area (Å²) in [6.45, 7) is 0. The smallest absolute Gasteiger partial charge is 0.872 e. The Morgan fingerprint density at radius 3 is 2.05 bits per heavy atom. The Bertz CT molecular complexity index is 926. The van der Waals surface area contributed by atoms with Gasteiger partial charge in [0.15, 0.2) is 0 Å². The van der Waals surface area contributed by atoms with Crippen LogP contribution >= 0.6 is 0 Å². The van der Waals surface area contributed by atoms with E-state index in [0.29, 0.717) is 12.1 Å². The van der Waals surface area contributed by atoms with Crippen LogP contribution in [0.1, 0.15) is 0 Å². The molecule has 2 rings (SSSR count). The molecule has 0 aromatic heterocycles. The van der Waals surface area contributed by atoms with Crippen molar-refractivity contribution in [2.75, 3.05) is 5.73 Å². The monoisotopic (exact) mass is 363 g/mol. The van der Waals surface area contributed by atoms with Crippen LogP contribution in [-0.4, -0.2) is 25.9 Å². The van der Waals surface area contributed by atoms with E-state index in [1.807, 2.05) is 0 Å². The zero-order chi connectivity index (χ0) is 15.3. The third kappa shape index (κ3) is 4.35. The first-order chi connectivity index (χ1) is 9.01. The van der Waals surface area contributed by atoms with Gasteiger partial charge in [-0.3, -0.25) is 4.55 Å². The topological polar surface area (TPSA) is 161 Å². The summed E-state index contributed by atoms with van der Waals surface area (Å²) in [5, 5.41) is 11.1. The van der Waals surface area contributed by atoms with Crippen molar-refractivity contribution < 1.29 is 90.2 Å². The van der Waals surface area contributed by atoms with Crippen molar-refractivity contribution in [3.05, 3.63) is 24.3 Å². The predicted molar refractivity (Wildman–Crippen MR) is 65.6 cm³/mol. The Kier molecular flexibility index (Phi) is 7.38. The number of nitrogens with two attached hydrogens (primary N) is 1. The SMILES string of the molecule is Nc1ccc(S(=O)(=O)O)c2cc(S(=O)(=O)[O-])cc([O-])c12.[Na+].[Na+]. The zero-order valence-corrected chi connectivity index (χ0v) is 17.2. The summed E-state index contributed by atoms with van der Waals surface area (Å²) in [6.07, 6.45) is 0. The van der Waals surface area contributed by atoms with Gasteiger partial charge >= 0.3 is 59.1 Å². The van der Waals surface area contributed by atoms with Gasteiger partial charge in [-0.1, -0.05) is 11.8 Å². The third-order valence-electron chi connectivity index (χ3n) is 2.61. The first-order valence-electron chi connectivity index (χ1n) is 4.98. The van der Waals surface area contributed by atoms with Crippen LogP contribution in [0.5, 0.6) is 5.75 Å². The molecule has 0 heterocycles. The molecular formula is C10H7NNa2O7S2. The number of rotatable bonds is 2. The molecule has 0 atom stereocenters. The van der Waals surface area contributed by atoms with Crippen LogP contribution in [0.2, 0.25) is 0 Å². The minimum Gasteiger partial charge on any atom is -0.872 e. The van der Waals surface area contributed by atoms with E-state index in [9.17, 15) is 26.5 Å². The summed E-state index contributed by atoms with van der Waals surface area (Å²) in [7, 11) is -9.68. The van der Waals surface area contributed by atoms with Crippen molar-refractivity contribution in [3.63, 3.8) is 0 Å². The Balaban J connectivity index is 0.00000220. The van der Waals surface area contributed by atoms with Gasteiger partial charge in [0, 0.05) is 11.1 Å². The van der Waals surface area contributed by atoms with Crippen molar-refractivity contribution in [2.45, 2.75) is 9.79 Å². The van der Waals surface area contributed by atoms with Gasteiger partial charge < -0.3 is 15.4 Å². The number of hydrogen-bond donors (Lipinski definition) is 2. The fourth-order valence-corrected chi connectivity index (χ4v) is 2.98. The molecule has 8 nitrogen and oxygen atoms in total. The van der Waals surface area contributed by atoms with Gasteiger partial charge in [-0.15, -0.1) is 0 Å². The van der Waals surface area contributed by atoms with Gasteiger partial charge in [0.05, 0.1) is 4.90 Å². The molecule has 0 radical (unpaired) electrons. The van der Waals surface area contributed by atoms with E-state index in [0.717, 1.165) is 12.1 Å². The van der Waals surface area contributed by atoms with Gasteiger partial charge in [0.25, 0.3) is 10.1 Å². The van der Waals surface area contributed by atoms with Gasteiger partial charge in [-0.2, -0.15) is 8.42 Å². The molecule has 0 fully saturated rings. The molecule has 0 amide bonds. The summed E-state index contributed by atoms with van der Waals surface area (Å²) >= 11 is 0. The number of hydrogen-bond acceptors (Lipinski definition) is 7. The van der Waals surface area contributed by atoms with Crippen LogP contribution in [0, 0.1) is 0 Å². The number of nitrogen functional groups attached to an aromatic ring is 1. The van der Waals surface area contributed by atoms with Crippen LogP contribution < -0.4 is 70.0 Å². The van der Waals surface area contributed by atoms with Gasteiger partial charge in [0.2, 0.25) is 0 Å². The summed E-state index contributed by atoms with van der Waals surface area (Å²) in [5.41, 5.74) is 5.42. The van der Waals surface area contributed by atoms with Crippen LogP contribution in [0.4, 0.5) is 5.69 Å². The number of benzene rings is 2. The van der Waals surface area contributed by atoms with Crippen molar-refractivity contribution in [2.24, 2.45) is 0 Å². The molecule has 22 heavy (non-hydrogen) atoms. The molecule has 0 bridgehead atoms. The van der Waals surface area contributed by atoms with Crippen LogP contribution in [-0.2, 0) is 20.2 Å². The first kappa shape index (κ1) is 22.1. The first-order valence-corrected chi connectivity index (χ1v) is 7.83. The van der Waals surface area contributed by atoms with E-state index >= 15 is 0 Å². The zero-order valence-electron chi connectivity index (χ0n) is 11.6. The van der Waals surface area contributed by atoms with Crippen molar-refractivity contribution in [3.8, 4) is 5.75 Å². The molecule has 108 valence electrons. The minimum atomic E-state index is -4.96. The van der Waals surface area contributed by atoms with Crippen LogP contribution in [0.15, 0.2) is 34.1 Å². The molecule has 2 aromatic carbocycles. The second kappa shape index (κ2) is 7.34. The van der Waals surface area contributed by atoms with Gasteiger partial charge in [0.1, 0.15) is 15.0 Å². The molecule has 0 aliphatic rings. The average Bonchev–Trinajstić information content (AvgIpc) is 2.25. The molecule has 0 aliphatic carbocycles. The predicted octanol–water partition coefficient (Wildman–Crippen LogP) is -6.35. The molecule has 0 aliphatic heterocycles. The van der Waals surface area contributed by atoms with Crippen LogP contribution in [0.25, 0.3) is 10.8 Å². The number of anilines is 1. The maximum Gasteiger partial charge on any atom is 1.00 e. The number of fused-ring (bicyclic) bond motifs is 1. The fourth-order valence-electron chi connectivity index (χ4n) is 1.79. The molecule has 12 heteroatoms. The summed E-state index contributed by atoms with van der Waals surface area (Å²) < 4.78 is 64.3. The maximum atomic E-state index is 11.8. The molecule has 2 aromatic rings. The molecule has 0 unspecified atom stereocenters. The van der Waals surface area contributed by atoms with Crippen molar-refractivity contribution in [1.29, 1.82) is 0 Å². The minimum absolute atomic E-state index is 0. The molecule has 0 saturated carbocycles. The summed E-state index contributed by atoms with van der Waals surface area (Å²) in [5.74, 6) is -0.931. The van der Waals surface area contributed by atoms with E-state index in [4.69, 9.17) is 10.3 Å². The molecular weight excluding hydrogens is 356 g/mol. The largest absolute Gasteiger partial charge is 1.00 e. The Labute approximate surface area is 170 Å². The van der Waals surface area contributed by atoms with E-state index in [1.54, 1.807) is 0 Å². The maximum absolute atomic E-state index is 11.8. The Hall–Kier alpha value is 0.120. The summed E-state index contributed by atoms with van der Waals surface area (Å²) in [4.78, 5) is -1.60. The second-order valence-electron chi connectivity index (χ2n) is 3.93. The van der Waals surface area contributed by atoms with Crippen LogP contribution in [0.3, 0.4) is 0 Å². The van der Waals surface area contributed by atoms with Gasteiger partial charge in [-0.05, 0) is 23.6 Å². The van der Waals surface area contributed by atoms with E-state index in [2.05, 4.69) is 0 Å². The average molecular weight is 363 g/mol. The van der Waals surface area contributed by atoms with E-state index < -0.39 is 41.2 Å². The quantitative estimate of drug-likeness (QED) is 0.303. The van der Waals surface area contributed by atoms with Gasteiger partial charge in [-0.25, -0.2) is 8.42 Å². The van der Waals surface area contributed by atoms with E-state index in [-0.39, 0.29) is 70.2 Å². The molecule has 3 N–H and O–H groups in total. The Morgan fingerprint density at radius 2 is 1.59 bits per heavy atom. The van der Waals surface area contributed by atoms with Crippen molar-refractivity contribution in [1.82, 2.24) is 0 Å². The van der Waals surface area contributed by atoms with Crippen molar-refractivity contribution >= 4 is 36.7 Å². The fraction of sp³-hybridized carbons (Fsp3) is 0. The standard InChI is InChI=1S/C10H9NO7S2.2Na/c11-7-1-2-9(20(16,17)18)6-3-5(19(13,14)15)4-8(12)10(6)7;;/h1-4,12H,11H2,(H,13,14,15)(H,16,17,18);;/q;2*+1/p-2. The normalized spacial score (nSPS) is 11.5. The van der Waals surface area contributed by atoms with E-state index in [1.165, 1.54) is 0 Å². The Morgan fingerprint density at radius 1 is 1.05 bits per heavy atom. The molecule has 0 spiro atoms. The molecule has 0 saturated heterocycles. The summed E-state index contributed by atoms with van der Waals surface area (Å²) in [6, 6.07) is 3.24. The second-order valence-corrected chi connectivity index (χ2v) is 6.70.